The number of nitrogens with zero attached hydrogens (tertiary/aromatic N) is 1. The first-order valence-electron chi connectivity index (χ1n) is 5.96. The van der Waals surface area contributed by atoms with Crippen LogP contribution in [0.1, 0.15) is 43.7 Å². The first-order valence-corrected chi connectivity index (χ1v) is 6.34. The maximum Gasteiger partial charge on any atom is 0.129 e. The summed E-state index contributed by atoms with van der Waals surface area (Å²) in [6, 6.07) is 3.91. The van der Waals surface area contributed by atoms with Crippen LogP contribution >= 0.6 is 11.6 Å². The zero-order valence-corrected chi connectivity index (χ0v) is 10.8. The second-order valence-electron chi connectivity index (χ2n) is 4.06. The number of rotatable bonds is 8. The molecular formula is C13H20ClN3. The molecule has 4 heteroatoms. The predicted octanol–water partition coefficient (Wildman–Crippen LogP) is 3.38. The Morgan fingerprint density at radius 2 is 2.24 bits per heavy atom. The molecule has 0 aliphatic carbocycles. The molecule has 0 saturated heterocycles. The van der Waals surface area contributed by atoms with E-state index in [1.165, 1.54) is 12.8 Å². The van der Waals surface area contributed by atoms with Gasteiger partial charge in [-0.1, -0.05) is 36.6 Å². The number of pyridine rings is 1. The van der Waals surface area contributed by atoms with Crippen molar-refractivity contribution in [1.82, 2.24) is 10.4 Å². The fraction of sp³-hybridized carbons (Fsp3) is 0.462. The van der Waals surface area contributed by atoms with E-state index >= 15 is 0 Å². The topological polar surface area (TPSA) is 50.9 Å². The Hall–Kier alpha value is -0.900. The lowest BCUT2D eigenvalue weighted by atomic mass is 10.0. The predicted molar refractivity (Wildman–Crippen MR) is 72.6 cm³/mol. The van der Waals surface area contributed by atoms with Crippen molar-refractivity contribution in [3.05, 3.63) is 41.7 Å². The van der Waals surface area contributed by atoms with Gasteiger partial charge in [-0.3, -0.25) is 11.3 Å². The van der Waals surface area contributed by atoms with Crippen molar-refractivity contribution in [1.29, 1.82) is 0 Å². The van der Waals surface area contributed by atoms with Crippen LogP contribution < -0.4 is 11.3 Å². The largest absolute Gasteiger partial charge is 0.271 e. The molecule has 1 rings (SSSR count). The molecule has 1 unspecified atom stereocenters. The van der Waals surface area contributed by atoms with Crippen LogP contribution in [-0.4, -0.2) is 4.98 Å². The Morgan fingerprint density at radius 3 is 2.82 bits per heavy atom. The van der Waals surface area contributed by atoms with Gasteiger partial charge in [0.1, 0.15) is 5.15 Å². The average Bonchev–Trinajstić information content (AvgIpc) is 2.35. The molecule has 3 N–H and O–H groups in total. The Morgan fingerprint density at radius 1 is 1.41 bits per heavy atom. The van der Waals surface area contributed by atoms with Crippen LogP contribution in [0.2, 0.25) is 5.15 Å². The van der Waals surface area contributed by atoms with E-state index in [0.29, 0.717) is 5.15 Å². The Labute approximate surface area is 108 Å². The van der Waals surface area contributed by atoms with Crippen LogP contribution in [0, 0.1) is 0 Å². The number of hydrazine groups is 1. The number of allylic oxidation sites excluding steroid dienone is 1. The van der Waals surface area contributed by atoms with Crippen molar-refractivity contribution in [3.63, 3.8) is 0 Å². The van der Waals surface area contributed by atoms with Gasteiger partial charge in [0, 0.05) is 12.2 Å². The fourth-order valence-corrected chi connectivity index (χ4v) is 1.87. The molecule has 0 aliphatic heterocycles. The molecule has 17 heavy (non-hydrogen) atoms. The minimum atomic E-state index is 0.156. The van der Waals surface area contributed by atoms with Crippen LogP contribution in [0.4, 0.5) is 0 Å². The summed E-state index contributed by atoms with van der Waals surface area (Å²) in [7, 11) is 0. The van der Waals surface area contributed by atoms with E-state index in [0.717, 1.165) is 24.8 Å². The van der Waals surface area contributed by atoms with Crippen molar-refractivity contribution in [2.45, 2.75) is 38.1 Å². The van der Waals surface area contributed by atoms with Gasteiger partial charge in [0.2, 0.25) is 0 Å². The van der Waals surface area contributed by atoms with E-state index in [1.807, 2.05) is 12.1 Å². The van der Waals surface area contributed by atoms with Gasteiger partial charge in [0.25, 0.3) is 0 Å². The highest BCUT2D eigenvalue weighted by molar-refractivity contribution is 6.29. The highest BCUT2D eigenvalue weighted by atomic mass is 35.5. The average molecular weight is 254 g/mol. The third-order valence-corrected chi connectivity index (χ3v) is 2.98. The molecule has 0 spiro atoms. The normalized spacial score (nSPS) is 12.4. The first-order chi connectivity index (χ1) is 8.27. The molecule has 0 saturated carbocycles. The summed E-state index contributed by atoms with van der Waals surface area (Å²) in [5.74, 6) is 5.56. The number of aromatic nitrogens is 1. The quantitative estimate of drug-likeness (QED) is 0.246. The van der Waals surface area contributed by atoms with Gasteiger partial charge in [0.05, 0.1) is 0 Å². The van der Waals surface area contributed by atoms with Crippen molar-refractivity contribution < 1.29 is 0 Å². The lowest BCUT2D eigenvalue weighted by Gasteiger charge is -2.15. The molecule has 0 aromatic carbocycles. The summed E-state index contributed by atoms with van der Waals surface area (Å²) >= 11 is 5.75. The summed E-state index contributed by atoms with van der Waals surface area (Å²) in [5.41, 5.74) is 3.91. The van der Waals surface area contributed by atoms with E-state index in [-0.39, 0.29) is 6.04 Å². The minimum absolute atomic E-state index is 0.156. The minimum Gasteiger partial charge on any atom is -0.271 e. The number of unbranched alkanes of at least 4 members (excludes halogenated alkanes) is 3. The van der Waals surface area contributed by atoms with Crippen LogP contribution in [0.3, 0.4) is 0 Å². The van der Waals surface area contributed by atoms with Crippen LogP contribution in [-0.2, 0) is 0 Å². The molecule has 1 aromatic rings. The van der Waals surface area contributed by atoms with Crippen LogP contribution in [0.15, 0.2) is 31.0 Å². The third-order valence-electron chi connectivity index (χ3n) is 2.75. The van der Waals surface area contributed by atoms with Crippen molar-refractivity contribution >= 4 is 11.6 Å². The van der Waals surface area contributed by atoms with Crippen molar-refractivity contribution in [2.24, 2.45) is 5.84 Å². The van der Waals surface area contributed by atoms with Gasteiger partial charge < -0.3 is 0 Å². The molecule has 0 bridgehead atoms. The number of hydrogen-bond donors (Lipinski definition) is 2. The van der Waals surface area contributed by atoms with E-state index < -0.39 is 0 Å². The SMILES string of the molecule is C=CCCCCCC(NN)c1ccc(Cl)nc1. The van der Waals surface area contributed by atoms with Crippen LogP contribution in [0.25, 0.3) is 0 Å². The summed E-state index contributed by atoms with van der Waals surface area (Å²) in [5, 5.41) is 0.510. The molecule has 94 valence electrons. The molecule has 3 nitrogen and oxygen atoms in total. The van der Waals surface area contributed by atoms with Gasteiger partial charge in [0.15, 0.2) is 0 Å². The molecule has 1 heterocycles. The Kier molecular flexibility index (Phi) is 6.86. The molecule has 0 fully saturated rings. The van der Waals surface area contributed by atoms with E-state index in [9.17, 15) is 0 Å². The van der Waals surface area contributed by atoms with Crippen molar-refractivity contribution in [2.75, 3.05) is 0 Å². The van der Waals surface area contributed by atoms with E-state index in [1.54, 1.807) is 12.3 Å². The fourth-order valence-electron chi connectivity index (χ4n) is 1.75. The third kappa shape index (κ3) is 5.31. The van der Waals surface area contributed by atoms with Gasteiger partial charge >= 0.3 is 0 Å². The Bertz CT molecular complexity index is 324. The number of halogens is 1. The number of nitrogens with one attached hydrogen (secondary N) is 1. The van der Waals surface area contributed by atoms with E-state index in [2.05, 4.69) is 17.0 Å². The molecule has 0 amide bonds. The maximum atomic E-state index is 5.75. The lowest BCUT2D eigenvalue weighted by Crippen LogP contribution is -2.28. The standard InChI is InChI=1S/C13H20ClN3/c1-2-3-4-5-6-7-12(17-15)11-8-9-13(14)16-10-11/h2,8-10,12,17H,1,3-7,15H2. The highest BCUT2D eigenvalue weighted by Gasteiger charge is 2.09. The van der Waals surface area contributed by atoms with Gasteiger partial charge in [-0.15, -0.1) is 6.58 Å². The second-order valence-corrected chi connectivity index (χ2v) is 4.45. The summed E-state index contributed by atoms with van der Waals surface area (Å²) in [6.07, 6.45) is 9.37. The molecular weight excluding hydrogens is 234 g/mol. The summed E-state index contributed by atoms with van der Waals surface area (Å²) in [6.45, 7) is 3.71. The lowest BCUT2D eigenvalue weighted by molar-refractivity contribution is 0.483. The molecule has 0 aliphatic rings. The second kappa shape index (κ2) is 8.23. The number of nitrogens with two attached hydrogens (primary N) is 1. The molecule has 0 radical (unpaired) electrons. The number of hydrogen-bond acceptors (Lipinski definition) is 3. The van der Waals surface area contributed by atoms with Crippen molar-refractivity contribution in [3.8, 4) is 0 Å². The summed E-state index contributed by atoms with van der Waals surface area (Å²) < 4.78 is 0. The zero-order valence-electron chi connectivity index (χ0n) is 10.0. The molecule has 1 aromatic heterocycles. The van der Waals surface area contributed by atoms with E-state index in [4.69, 9.17) is 17.4 Å². The van der Waals surface area contributed by atoms with Gasteiger partial charge in [-0.25, -0.2) is 4.98 Å². The van der Waals surface area contributed by atoms with Gasteiger partial charge in [-0.05, 0) is 30.9 Å². The highest BCUT2D eigenvalue weighted by Crippen LogP contribution is 2.19. The zero-order chi connectivity index (χ0) is 12.5. The van der Waals surface area contributed by atoms with Crippen LogP contribution in [0.5, 0.6) is 0 Å². The maximum absolute atomic E-state index is 5.75. The molecule has 1 atom stereocenters. The smallest absolute Gasteiger partial charge is 0.129 e. The monoisotopic (exact) mass is 253 g/mol. The first kappa shape index (κ1) is 14.2. The summed E-state index contributed by atoms with van der Waals surface area (Å²) in [4.78, 5) is 4.06. The Balaban J connectivity index is 2.37. The van der Waals surface area contributed by atoms with Gasteiger partial charge in [-0.2, -0.15) is 0 Å².